The van der Waals surface area contributed by atoms with E-state index in [2.05, 4.69) is 23.7 Å². The van der Waals surface area contributed by atoms with Gasteiger partial charge in [-0.15, -0.1) is 0 Å². The first kappa shape index (κ1) is 15.7. The standard InChI is InChI=1S/C17H23N5O/c1-12(2)17-19-8-10-22(17)16-7-3-5-13(20-16)14-6-4-9-21(14)11-15(18)23/h3,5,7-8,10,12,14H,4,6,9,11H2,1-2H3,(H2,18,23)/t14-/m0/s1. The molecule has 0 spiro atoms. The molecule has 6 nitrogen and oxygen atoms in total. The predicted molar refractivity (Wildman–Crippen MR) is 88.2 cm³/mol. The lowest BCUT2D eigenvalue weighted by atomic mass is 10.1. The van der Waals surface area contributed by atoms with Gasteiger partial charge in [-0.2, -0.15) is 0 Å². The molecular formula is C17H23N5O. The van der Waals surface area contributed by atoms with Gasteiger partial charge < -0.3 is 5.73 Å². The highest BCUT2D eigenvalue weighted by atomic mass is 16.1. The van der Waals surface area contributed by atoms with E-state index in [9.17, 15) is 4.79 Å². The minimum absolute atomic E-state index is 0.161. The topological polar surface area (TPSA) is 77.0 Å². The highest BCUT2D eigenvalue weighted by molar-refractivity contribution is 5.76. The van der Waals surface area contributed by atoms with E-state index in [-0.39, 0.29) is 11.9 Å². The maximum Gasteiger partial charge on any atom is 0.231 e. The second kappa shape index (κ2) is 6.50. The van der Waals surface area contributed by atoms with E-state index in [4.69, 9.17) is 10.7 Å². The van der Waals surface area contributed by atoms with Crippen LogP contribution in [0.5, 0.6) is 0 Å². The van der Waals surface area contributed by atoms with Crippen LogP contribution in [0.15, 0.2) is 30.6 Å². The summed E-state index contributed by atoms with van der Waals surface area (Å²) in [6.07, 6.45) is 5.81. The Kier molecular flexibility index (Phi) is 4.43. The van der Waals surface area contributed by atoms with Crippen LogP contribution in [-0.2, 0) is 4.79 Å². The van der Waals surface area contributed by atoms with Crippen molar-refractivity contribution in [3.05, 3.63) is 42.1 Å². The fourth-order valence-electron chi connectivity index (χ4n) is 3.25. The molecule has 1 fully saturated rings. The van der Waals surface area contributed by atoms with Gasteiger partial charge in [-0.1, -0.05) is 19.9 Å². The number of aromatic nitrogens is 3. The van der Waals surface area contributed by atoms with Crippen LogP contribution in [0.25, 0.3) is 5.82 Å². The highest BCUT2D eigenvalue weighted by Crippen LogP contribution is 2.31. The van der Waals surface area contributed by atoms with E-state index in [1.807, 2.05) is 29.0 Å². The normalized spacial score (nSPS) is 18.7. The summed E-state index contributed by atoms with van der Waals surface area (Å²) in [5.41, 5.74) is 6.35. The number of hydrogen-bond acceptors (Lipinski definition) is 4. The Morgan fingerprint density at radius 3 is 3.00 bits per heavy atom. The molecule has 2 aromatic heterocycles. The number of hydrogen-bond donors (Lipinski definition) is 1. The third-order valence-electron chi connectivity index (χ3n) is 4.25. The van der Waals surface area contributed by atoms with Gasteiger partial charge in [-0.3, -0.25) is 14.3 Å². The van der Waals surface area contributed by atoms with Crippen LogP contribution in [0, 0.1) is 0 Å². The quantitative estimate of drug-likeness (QED) is 0.916. The van der Waals surface area contributed by atoms with Crippen LogP contribution in [0.1, 0.15) is 50.2 Å². The van der Waals surface area contributed by atoms with Crippen molar-refractivity contribution >= 4 is 5.91 Å². The van der Waals surface area contributed by atoms with Crippen LogP contribution < -0.4 is 5.73 Å². The van der Waals surface area contributed by atoms with E-state index >= 15 is 0 Å². The largest absolute Gasteiger partial charge is 0.369 e. The number of pyridine rings is 1. The van der Waals surface area contributed by atoms with Crippen molar-refractivity contribution in [1.82, 2.24) is 19.4 Å². The van der Waals surface area contributed by atoms with Crippen LogP contribution in [0.4, 0.5) is 0 Å². The Morgan fingerprint density at radius 1 is 1.43 bits per heavy atom. The number of primary amides is 1. The van der Waals surface area contributed by atoms with Gasteiger partial charge in [0.2, 0.25) is 5.91 Å². The van der Waals surface area contributed by atoms with Crippen molar-refractivity contribution in [3.63, 3.8) is 0 Å². The maximum atomic E-state index is 11.3. The number of rotatable bonds is 5. The highest BCUT2D eigenvalue weighted by Gasteiger charge is 2.28. The summed E-state index contributed by atoms with van der Waals surface area (Å²) in [7, 11) is 0. The Hall–Kier alpha value is -2.21. The molecule has 1 saturated heterocycles. The average Bonchev–Trinajstić information content (AvgIpc) is 3.15. The van der Waals surface area contributed by atoms with E-state index in [0.717, 1.165) is 36.7 Å². The molecule has 23 heavy (non-hydrogen) atoms. The number of nitrogens with zero attached hydrogens (tertiary/aromatic N) is 4. The van der Waals surface area contributed by atoms with Gasteiger partial charge in [0.1, 0.15) is 11.6 Å². The summed E-state index contributed by atoms with van der Waals surface area (Å²) >= 11 is 0. The molecule has 3 heterocycles. The van der Waals surface area contributed by atoms with Gasteiger partial charge in [-0.05, 0) is 31.5 Å². The Bertz CT molecular complexity index is 694. The van der Waals surface area contributed by atoms with Crippen molar-refractivity contribution in [2.75, 3.05) is 13.1 Å². The van der Waals surface area contributed by atoms with Gasteiger partial charge in [0.05, 0.1) is 18.3 Å². The van der Waals surface area contributed by atoms with Gasteiger partial charge in [0.25, 0.3) is 0 Å². The number of amides is 1. The number of imidazole rings is 1. The number of carbonyl (C=O) groups excluding carboxylic acids is 1. The Labute approximate surface area is 136 Å². The Balaban J connectivity index is 1.91. The summed E-state index contributed by atoms with van der Waals surface area (Å²) in [4.78, 5) is 22.6. The average molecular weight is 313 g/mol. The zero-order chi connectivity index (χ0) is 16.4. The van der Waals surface area contributed by atoms with E-state index in [1.54, 1.807) is 6.20 Å². The van der Waals surface area contributed by atoms with Crippen molar-refractivity contribution < 1.29 is 4.79 Å². The molecule has 6 heteroatoms. The molecule has 0 radical (unpaired) electrons. The number of carbonyl (C=O) groups is 1. The third kappa shape index (κ3) is 3.27. The van der Waals surface area contributed by atoms with Crippen LogP contribution in [0.3, 0.4) is 0 Å². The lowest BCUT2D eigenvalue weighted by molar-refractivity contribution is -0.119. The summed E-state index contributed by atoms with van der Waals surface area (Å²) in [5, 5.41) is 0. The molecule has 1 aliphatic heterocycles. The molecule has 0 bridgehead atoms. The summed E-state index contributed by atoms with van der Waals surface area (Å²) in [6, 6.07) is 6.19. The van der Waals surface area contributed by atoms with Crippen molar-refractivity contribution in [2.45, 2.75) is 38.6 Å². The summed E-state index contributed by atoms with van der Waals surface area (Å²) < 4.78 is 2.03. The SMILES string of the molecule is CC(C)c1nccn1-c1cccc([C@@H]2CCCN2CC(N)=O)n1. The van der Waals surface area contributed by atoms with E-state index in [1.165, 1.54) is 0 Å². The maximum absolute atomic E-state index is 11.3. The molecule has 0 aromatic carbocycles. The second-order valence-electron chi connectivity index (χ2n) is 6.33. The molecule has 122 valence electrons. The zero-order valence-electron chi connectivity index (χ0n) is 13.6. The number of likely N-dealkylation sites (tertiary alicyclic amines) is 1. The molecule has 2 N–H and O–H groups in total. The first-order valence-electron chi connectivity index (χ1n) is 8.09. The van der Waals surface area contributed by atoms with Crippen molar-refractivity contribution in [1.29, 1.82) is 0 Å². The molecule has 1 aliphatic rings. The molecule has 0 aliphatic carbocycles. The van der Waals surface area contributed by atoms with Crippen molar-refractivity contribution in [3.8, 4) is 5.82 Å². The molecule has 0 saturated carbocycles. The number of nitrogens with two attached hydrogens (primary N) is 1. The van der Waals surface area contributed by atoms with Gasteiger partial charge in [-0.25, -0.2) is 9.97 Å². The van der Waals surface area contributed by atoms with Crippen LogP contribution >= 0.6 is 0 Å². The van der Waals surface area contributed by atoms with Crippen LogP contribution in [0.2, 0.25) is 0 Å². The summed E-state index contributed by atoms with van der Waals surface area (Å²) in [6.45, 7) is 5.42. The van der Waals surface area contributed by atoms with Crippen LogP contribution in [-0.4, -0.2) is 38.4 Å². The molecule has 0 unspecified atom stereocenters. The summed E-state index contributed by atoms with van der Waals surface area (Å²) in [5.74, 6) is 1.91. The fourth-order valence-corrected chi connectivity index (χ4v) is 3.25. The molecule has 2 aromatic rings. The van der Waals surface area contributed by atoms with Gasteiger partial charge in [0.15, 0.2) is 0 Å². The Morgan fingerprint density at radius 2 is 2.26 bits per heavy atom. The fraction of sp³-hybridized carbons (Fsp3) is 0.471. The zero-order valence-corrected chi connectivity index (χ0v) is 13.6. The third-order valence-corrected chi connectivity index (χ3v) is 4.25. The predicted octanol–water partition coefficient (Wildman–Crippen LogP) is 2.01. The molecule has 1 atom stereocenters. The minimum Gasteiger partial charge on any atom is -0.369 e. The lowest BCUT2D eigenvalue weighted by Gasteiger charge is -2.23. The first-order valence-corrected chi connectivity index (χ1v) is 8.09. The monoisotopic (exact) mass is 313 g/mol. The van der Waals surface area contributed by atoms with Crippen molar-refractivity contribution in [2.24, 2.45) is 5.73 Å². The van der Waals surface area contributed by atoms with E-state index in [0.29, 0.717) is 12.5 Å². The van der Waals surface area contributed by atoms with E-state index < -0.39 is 0 Å². The first-order chi connectivity index (χ1) is 11.1. The van der Waals surface area contributed by atoms with Gasteiger partial charge in [0, 0.05) is 18.3 Å². The molecule has 1 amide bonds. The molecular weight excluding hydrogens is 290 g/mol. The lowest BCUT2D eigenvalue weighted by Crippen LogP contribution is -2.33. The minimum atomic E-state index is -0.287. The second-order valence-corrected chi connectivity index (χ2v) is 6.33. The molecule has 3 rings (SSSR count). The smallest absolute Gasteiger partial charge is 0.231 e. The van der Waals surface area contributed by atoms with Gasteiger partial charge >= 0.3 is 0 Å².